The van der Waals surface area contributed by atoms with Crippen molar-refractivity contribution in [2.45, 2.75) is 31.0 Å². The van der Waals surface area contributed by atoms with Crippen LogP contribution in [0, 0.1) is 0 Å². The molecule has 2 bridgehead atoms. The van der Waals surface area contributed by atoms with Crippen molar-refractivity contribution in [3.8, 4) is 0 Å². The van der Waals surface area contributed by atoms with E-state index in [0.29, 0.717) is 19.6 Å². The van der Waals surface area contributed by atoms with Crippen LogP contribution in [0.3, 0.4) is 0 Å². The summed E-state index contributed by atoms with van der Waals surface area (Å²) in [5, 5.41) is 9.54. The molecule has 0 amide bonds. The molecule has 0 aliphatic carbocycles. The number of nitrogens with zero attached hydrogens (tertiary/aromatic N) is 1. The zero-order valence-electron chi connectivity index (χ0n) is 10.2. The number of fused-ring (bicyclic) bond motifs is 3. The molecule has 0 saturated carbocycles. The predicted molar refractivity (Wildman–Crippen MR) is 66.2 cm³/mol. The van der Waals surface area contributed by atoms with Crippen LogP contribution in [0.4, 0.5) is 0 Å². The number of hydrogen-bond acceptors (Lipinski definition) is 3. The summed E-state index contributed by atoms with van der Waals surface area (Å²) in [7, 11) is 0. The fourth-order valence-corrected chi connectivity index (χ4v) is 2.95. The third kappa shape index (κ3) is 1.82. The van der Waals surface area contributed by atoms with Gasteiger partial charge in [0.1, 0.15) is 5.54 Å². The molecule has 3 heterocycles. The van der Waals surface area contributed by atoms with Gasteiger partial charge in [-0.2, -0.15) is 0 Å². The number of ether oxygens (including phenoxy) is 1. The zero-order chi connectivity index (χ0) is 12.6. The van der Waals surface area contributed by atoms with Gasteiger partial charge in [0.15, 0.2) is 0 Å². The molecule has 0 aromatic heterocycles. The van der Waals surface area contributed by atoms with Crippen LogP contribution in [0.15, 0.2) is 30.3 Å². The maximum atomic E-state index is 11.6. The quantitative estimate of drug-likeness (QED) is 0.879. The van der Waals surface area contributed by atoms with E-state index in [1.54, 1.807) is 0 Å². The highest BCUT2D eigenvalue weighted by atomic mass is 16.5. The first kappa shape index (κ1) is 11.7. The molecule has 4 rings (SSSR count). The lowest BCUT2D eigenvalue weighted by atomic mass is 9.83. The van der Waals surface area contributed by atoms with Crippen LogP contribution < -0.4 is 0 Å². The van der Waals surface area contributed by atoms with Crippen molar-refractivity contribution in [2.24, 2.45) is 0 Å². The third-order valence-electron chi connectivity index (χ3n) is 4.08. The van der Waals surface area contributed by atoms with Gasteiger partial charge in [-0.1, -0.05) is 30.3 Å². The van der Waals surface area contributed by atoms with Gasteiger partial charge in [0.25, 0.3) is 0 Å². The second kappa shape index (κ2) is 4.37. The minimum atomic E-state index is -0.815. The highest BCUT2D eigenvalue weighted by molar-refractivity contribution is 5.79. The molecule has 1 aromatic carbocycles. The van der Waals surface area contributed by atoms with Crippen LogP contribution in [0.5, 0.6) is 0 Å². The van der Waals surface area contributed by atoms with Gasteiger partial charge in [-0.3, -0.25) is 9.69 Å². The second-order valence-electron chi connectivity index (χ2n) is 5.17. The Morgan fingerprint density at radius 3 is 2.83 bits per heavy atom. The van der Waals surface area contributed by atoms with Gasteiger partial charge in [-0.15, -0.1) is 0 Å². The van der Waals surface area contributed by atoms with E-state index in [1.807, 2.05) is 30.3 Å². The lowest BCUT2D eigenvalue weighted by Gasteiger charge is -2.51. The number of rotatable bonds is 3. The molecule has 18 heavy (non-hydrogen) atoms. The fraction of sp³-hybridized carbons (Fsp3) is 0.500. The first-order valence-electron chi connectivity index (χ1n) is 6.35. The van der Waals surface area contributed by atoms with E-state index in [4.69, 9.17) is 4.74 Å². The minimum Gasteiger partial charge on any atom is -0.480 e. The fourth-order valence-electron chi connectivity index (χ4n) is 2.95. The molecule has 1 N–H and O–H groups in total. The Kier molecular flexibility index (Phi) is 2.84. The van der Waals surface area contributed by atoms with E-state index in [1.165, 1.54) is 0 Å². The van der Waals surface area contributed by atoms with Crippen molar-refractivity contribution in [1.82, 2.24) is 4.90 Å². The summed E-state index contributed by atoms with van der Waals surface area (Å²) in [5.41, 5.74) is 0.343. The molecular weight excluding hydrogens is 230 g/mol. The Morgan fingerprint density at radius 1 is 1.44 bits per heavy atom. The van der Waals surface area contributed by atoms with Crippen LogP contribution in [0.25, 0.3) is 0 Å². The normalized spacial score (nSPS) is 31.4. The largest absolute Gasteiger partial charge is 0.480 e. The molecule has 4 heteroatoms. The summed E-state index contributed by atoms with van der Waals surface area (Å²) in [6.45, 7) is 1.73. The summed E-state index contributed by atoms with van der Waals surface area (Å²) in [6.07, 6.45) is 1.76. The van der Waals surface area contributed by atoms with Crippen LogP contribution in [0.2, 0.25) is 0 Å². The number of piperidine rings is 1. The predicted octanol–water partition coefficient (Wildman–Crippen LogP) is 1.50. The Balaban J connectivity index is 1.84. The maximum absolute atomic E-state index is 11.6. The zero-order valence-corrected chi connectivity index (χ0v) is 10.2. The van der Waals surface area contributed by atoms with E-state index < -0.39 is 11.5 Å². The summed E-state index contributed by atoms with van der Waals surface area (Å²) in [5.74, 6) is -0.753. The van der Waals surface area contributed by atoms with Crippen LogP contribution >= 0.6 is 0 Å². The lowest BCUT2D eigenvalue weighted by molar-refractivity contribution is -0.191. The van der Waals surface area contributed by atoms with Crippen molar-refractivity contribution in [2.75, 3.05) is 13.2 Å². The SMILES string of the molecule is O=C(O)C12CCC(CN1Cc1ccccc1)OC2. The number of carboxylic acid groups (broad SMARTS) is 1. The molecule has 2 atom stereocenters. The molecule has 96 valence electrons. The van der Waals surface area contributed by atoms with E-state index in [0.717, 1.165) is 18.5 Å². The van der Waals surface area contributed by atoms with Gasteiger partial charge in [-0.25, -0.2) is 0 Å². The number of carbonyl (C=O) groups is 1. The van der Waals surface area contributed by atoms with Crippen molar-refractivity contribution in [1.29, 1.82) is 0 Å². The Labute approximate surface area is 106 Å². The molecule has 2 unspecified atom stereocenters. The van der Waals surface area contributed by atoms with Gasteiger partial charge in [-0.05, 0) is 18.4 Å². The van der Waals surface area contributed by atoms with Crippen molar-refractivity contribution in [3.05, 3.63) is 35.9 Å². The van der Waals surface area contributed by atoms with Gasteiger partial charge in [0, 0.05) is 13.1 Å². The molecule has 4 nitrogen and oxygen atoms in total. The van der Waals surface area contributed by atoms with Gasteiger partial charge in [0.2, 0.25) is 0 Å². The topological polar surface area (TPSA) is 49.8 Å². The summed E-state index contributed by atoms with van der Waals surface area (Å²) < 4.78 is 5.59. The Morgan fingerprint density at radius 2 is 2.22 bits per heavy atom. The number of morpholine rings is 1. The molecule has 3 aliphatic rings. The van der Waals surface area contributed by atoms with Crippen molar-refractivity contribution in [3.63, 3.8) is 0 Å². The monoisotopic (exact) mass is 247 g/mol. The Bertz CT molecular complexity index is 438. The first-order chi connectivity index (χ1) is 8.71. The van der Waals surface area contributed by atoms with Gasteiger partial charge in [0.05, 0.1) is 12.7 Å². The molecule has 1 aromatic rings. The summed E-state index contributed by atoms with van der Waals surface area (Å²) >= 11 is 0. The Hall–Kier alpha value is -1.39. The molecule has 0 spiro atoms. The van der Waals surface area contributed by atoms with Crippen LogP contribution in [0.1, 0.15) is 18.4 Å². The summed E-state index contributed by atoms with van der Waals surface area (Å²) in [6, 6.07) is 10.0. The molecule has 0 radical (unpaired) electrons. The summed E-state index contributed by atoms with van der Waals surface area (Å²) in [4.78, 5) is 13.7. The van der Waals surface area contributed by atoms with Crippen LogP contribution in [-0.4, -0.2) is 40.8 Å². The molecular formula is C14H17NO3. The molecule has 3 fully saturated rings. The smallest absolute Gasteiger partial charge is 0.326 e. The number of aliphatic carboxylic acids is 1. The van der Waals surface area contributed by atoms with Crippen LogP contribution in [-0.2, 0) is 16.1 Å². The highest BCUT2D eigenvalue weighted by Crippen LogP contribution is 2.36. The number of hydrogen-bond donors (Lipinski definition) is 1. The average molecular weight is 247 g/mol. The van der Waals surface area contributed by atoms with E-state index >= 15 is 0 Å². The van der Waals surface area contributed by atoms with Gasteiger partial charge < -0.3 is 9.84 Å². The van der Waals surface area contributed by atoms with Crippen molar-refractivity contribution < 1.29 is 14.6 Å². The maximum Gasteiger partial charge on any atom is 0.326 e. The first-order valence-corrected chi connectivity index (χ1v) is 6.35. The molecule has 3 aliphatic heterocycles. The van der Waals surface area contributed by atoms with E-state index in [2.05, 4.69) is 4.90 Å². The third-order valence-corrected chi connectivity index (χ3v) is 4.08. The second-order valence-corrected chi connectivity index (χ2v) is 5.17. The standard InChI is InChI=1S/C14H17NO3/c16-13(17)14-7-6-12(18-10-14)9-15(14)8-11-4-2-1-3-5-11/h1-5,12H,6-10H2,(H,16,17). The number of carboxylic acids is 1. The molecule has 3 saturated heterocycles. The number of benzene rings is 1. The lowest BCUT2D eigenvalue weighted by Crippen LogP contribution is -2.67. The van der Waals surface area contributed by atoms with Gasteiger partial charge >= 0.3 is 5.97 Å². The minimum absolute atomic E-state index is 0.204. The average Bonchev–Trinajstić information content (AvgIpc) is 2.41. The van der Waals surface area contributed by atoms with E-state index in [9.17, 15) is 9.90 Å². The van der Waals surface area contributed by atoms with Crippen molar-refractivity contribution >= 4 is 5.97 Å². The van der Waals surface area contributed by atoms with E-state index in [-0.39, 0.29) is 6.10 Å². The highest BCUT2D eigenvalue weighted by Gasteiger charge is 2.52.